The monoisotopic (exact) mass is 362 g/mol. The third-order valence-corrected chi connectivity index (χ3v) is 5.93. The highest BCUT2D eigenvalue weighted by atomic mass is 19.1. The Balaban J connectivity index is 1.49. The minimum absolute atomic E-state index is 0.166. The summed E-state index contributed by atoms with van der Waals surface area (Å²) in [5.41, 5.74) is -0.815. The molecule has 3 rings (SSSR count). The van der Waals surface area contributed by atoms with Gasteiger partial charge in [-0.1, -0.05) is 50.3 Å². The van der Waals surface area contributed by atoms with Gasteiger partial charge in [-0.15, -0.1) is 0 Å². The molecule has 1 saturated carbocycles. The molecule has 2 N–H and O–H groups in total. The number of halogens is 1. The molecule has 0 spiro atoms. The van der Waals surface area contributed by atoms with Crippen molar-refractivity contribution in [1.29, 1.82) is 0 Å². The number of nitrogens with one attached hydrogen (secondary N) is 1. The largest absolute Gasteiger partial charge is 0.379 e. The van der Waals surface area contributed by atoms with Crippen molar-refractivity contribution in [2.45, 2.75) is 63.5 Å². The minimum atomic E-state index is -1.37. The van der Waals surface area contributed by atoms with Gasteiger partial charge in [-0.25, -0.2) is 4.39 Å². The second kappa shape index (κ2) is 8.96. The topological polar surface area (TPSA) is 52.6 Å². The zero-order valence-corrected chi connectivity index (χ0v) is 15.6. The summed E-state index contributed by atoms with van der Waals surface area (Å²) in [6, 6.07) is 6.57. The van der Waals surface area contributed by atoms with Gasteiger partial charge in [-0.2, -0.15) is 0 Å². The molecule has 144 valence electrons. The van der Waals surface area contributed by atoms with Crippen LogP contribution in [0.25, 0.3) is 0 Å². The van der Waals surface area contributed by atoms with Crippen molar-refractivity contribution in [2.24, 2.45) is 5.92 Å². The predicted octanol–water partition coefficient (Wildman–Crippen LogP) is 3.24. The number of carbonyl (C=O) groups is 1. The summed E-state index contributed by atoms with van der Waals surface area (Å²) in [7, 11) is 0. The van der Waals surface area contributed by atoms with E-state index in [0.29, 0.717) is 18.5 Å². The molecule has 4 nitrogen and oxygen atoms in total. The first-order chi connectivity index (χ1) is 12.6. The number of rotatable bonds is 7. The Morgan fingerprint density at radius 3 is 2.73 bits per heavy atom. The first-order valence-electron chi connectivity index (χ1n) is 10.0. The number of hydrogen-bond acceptors (Lipinski definition) is 3. The van der Waals surface area contributed by atoms with Crippen LogP contribution >= 0.6 is 0 Å². The summed E-state index contributed by atoms with van der Waals surface area (Å²) in [6.07, 6.45) is 8.83. The van der Waals surface area contributed by atoms with E-state index < -0.39 is 5.60 Å². The number of aliphatic hydroxyl groups is 1. The normalized spacial score (nSPS) is 24.8. The Morgan fingerprint density at radius 2 is 1.96 bits per heavy atom. The van der Waals surface area contributed by atoms with Crippen LogP contribution in [0, 0.1) is 11.7 Å². The zero-order chi connectivity index (χ0) is 18.4. The molecule has 1 amide bonds. The predicted molar refractivity (Wildman–Crippen MR) is 100 cm³/mol. The first-order valence-corrected chi connectivity index (χ1v) is 10.0. The lowest BCUT2D eigenvalue weighted by Gasteiger charge is -2.39. The molecule has 1 aliphatic carbocycles. The molecule has 0 radical (unpaired) electrons. The van der Waals surface area contributed by atoms with Crippen molar-refractivity contribution < 1.29 is 14.3 Å². The van der Waals surface area contributed by atoms with Crippen molar-refractivity contribution in [3.63, 3.8) is 0 Å². The molecule has 0 unspecified atom stereocenters. The van der Waals surface area contributed by atoms with Crippen molar-refractivity contribution in [1.82, 2.24) is 10.2 Å². The molecule has 1 aliphatic heterocycles. The summed E-state index contributed by atoms with van der Waals surface area (Å²) in [5, 5.41) is 13.9. The van der Waals surface area contributed by atoms with Crippen molar-refractivity contribution in [3.05, 3.63) is 35.6 Å². The summed E-state index contributed by atoms with van der Waals surface area (Å²) >= 11 is 0. The van der Waals surface area contributed by atoms with Crippen LogP contribution in [0.15, 0.2) is 24.3 Å². The number of carbonyl (C=O) groups excluding carboxylic acids is 1. The Kier molecular flexibility index (Phi) is 6.65. The zero-order valence-electron chi connectivity index (χ0n) is 15.6. The number of amides is 1. The molecule has 1 saturated heterocycles. The molecule has 2 fully saturated rings. The maximum Gasteiger partial charge on any atom is 0.255 e. The lowest BCUT2D eigenvalue weighted by molar-refractivity contribution is -0.156. The van der Waals surface area contributed by atoms with Crippen molar-refractivity contribution >= 4 is 5.91 Å². The maximum absolute atomic E-state index is 13.7. The van der Waals surface area contributed by atoms with Gasteiger partial charge in [0.1, 0.15) is 5.82 Å². The highest BCUT2D eigenvalue weighted by molar-refractivity contribution is 5.86. The van der Waals surface area contributed by atoms with Crippen molar-refractivity contribution in [2.75, 3.05) is 19.6 Å². The first kappa shape index (κ1) is 19.3. The number of hydrogen-bond donors (Lipinski definition) is 2. The molecule has 5 heteroatoms. The Bertz CT molecular complexity index is 603. The van der Waals surface area contributed by atoms with Crippen LogP contribution in [0.5, 0.6) is 0 Å². The fraction of sp³-hybridized carbons (Fsp3) is 0.667. The molecule has 1 heterocycles. The highest BCUT2D eigenvalue weighted by Gasteiger charge is 2.41. The van der Waals surface area contributed by atoms with Crippen LogP contribution in [0.1, 0.15) is 56.9 Å². The van der Waals surface area contributed by atoms with E-state index in [1.54, 1.807) is 18.2 Å². The third-order valence-electron chi connectivity index (χ3n) is 5.93. The van der Waals surface area contributed by atoms with E-state index in [4.69, 9.17) is 0 Å². The quantitative estimate of drug-likeness (QED) is 0.783. The number of benzene rings is 1. The van der Waals surface area contributed by atoms with Crippen molar-refractivity contribution in [3.8, 4) is 0 Å². The molecular formula is C21H31FN2O2. The van der Waals surface area contributed by atoms with E-state index in [9.17, 15) is 14.3 Å². The molecule has 1 atom stereocenters. The van der Waals surface area contributed by atoms with E-state index in [1.807, 2.05) is 4.90 Å². The van der Waals surface area contributed by atoms with Crippen LogP contribution in [0.2, 0.25) is 0 Å². The average molecular weight is 362 g/mol. The Morgan fingerprint density at radius 1 is 1.19 bits per heavy atom. The molecule has 1 aromatic carbocycles. The van der Waals surface area contributed by atoms with Crippen LogP contribution in [-0.4, -0.2) is 41.1 Å². The number of nitrogens with zero attached hydrogens (tertiary/aromatic N) is 1. The van der Waals surface area contributed by atoms with Gasteiger partial charge >= 0.3 is 0 Å². The fourth-order valence-corrected chi connectivity index (χ4v) is 4.30. The smallest absolute Gasteiger partial charge is 0.255 e. The van der Waals surface area contributed by atoms with Gasteiger partial charge in [0.25, 0.3) is 5.91 Å². The standard InChI is InChI=1S/C21H31FN2O2/c22-19-10-5-4-9-18(19)15-23-16-21(26)12-6-13-24(20(21)25)14-11-17-7-2-1-3-8-17/h4-5,9-10,17,23,26H,1-3,6-8,11-16H2/t21-/m1/s1. The van der Waals surface area contributed by atoms with Crippen LogP contribution < -0.4 is 5.32 Å². The summed E-state index contributed by atoms with van der Waals surface area (Å²) in [6.45, 7) is 1.96. The van der Waals surface area contributed by atoms with E-state index in [0.717, 1.165) is 31.8 Å². The van der Waals surface area contributed by atoms with Gasteiger partial charge in [-0.05, 0) is 31.2 Å². The van der Waals surface area contributed by atoms with Gasteiger partial charge < -0.3 is 15.3 Å². The summed E-state index contributed by atoms with van der Waals surface area (Å²) in [5.74, 6) is 0.294. The second-order valence-corrected chi connectivity index (χ2v) is 7.92. The molecule has 2 aliphatic rings. The fourth-order valence-electron chi connectivity index (χ4n) is 4.30. The van der Waals surface area contributed by atoms with E-state index in [-0.39, 0.29) is 18.3 Å². The highest BCUT2D eigenvalue weighted by Crippen LogP contribution is 2.28. The van der Waals surface area contributed by atoms with E-state index in [1.165, 1.54) is 38.2 Å². The average Bonchev–Trinajstić information content (AvgIpc) is 2.66. The molecule has 0 aromatic heterocycles. The van der Waals surface area contributed by atoms with Crippen LogP contribution in [0.4, 0.5) is 4.39 Å². The van der Waals surface area contributed by atoms with E-state index in [2.05, 4.69) is 5.32 Å². The van der Waals surface area contributed by atoms with Gasteiger partial charge in [0.2, 0.25) is 0 Å². The molecular weight excluding hydrogens is 331 g/mol. The van der Waals surface area contributed by atoms with Crippen LogP contribution in [-0.2, 0) is 11.3 Å². The number of piperidine rings is 1. The minimum Gasteiger partial charge on any atom is -0.379 e. The molecule has 0 bridgehead atoms. The summed E-state index contributed by atoms with van der Waals surface area (Å²) < 4.78 is 13.7. The van der Waals surface area contributed by atoms with Gasteiger partial charge in [-0.3, -0.25) is 4.79 Å². The lowest BCUT2D eigenvalue weighted by atomic mass is 9.86. The summed E-state index contributed by atoms with van der Waals surface area (Å²) in [4.78, 5) is 14.6. The molecule has 1 aromatic rings. The Hall–Kier alpha value is -1.46. The van der Waals surface area contributed by atoms with Crippen LogP contribution in [0.3, 0.4) is 0 Å². The van der Waals surface area contributed by atoms with Gasteiger partial charge in [0, 0.05) is 31.7 Å². The maximum atomic E-state index is 13.7. The Labute approximate surface area is 155 Å². The second-order valence-electron chi connectivity index (χ2n) is 7.92. The molecule has 26 heavy (non-hydrogen) atoms. The van der Waals surface area contributed by atoms with Gasteiger partial charge in [0.05, 0.1) is 0 Å². The lowest BCUT2D eigenvalue weighted by Crippen LogP contribution is -2.58. The van der Waals surface area contributed by atoms with Gasteiger partial charge in [0.15, 0.2) is 5.60 Å². The third kappa shape index (κ3) is 4.83. The van der Waals surface area contributed by atoms with E-state index >= 15 is 0 Å². The SMILES string of the molecule is O=C1N(CCC2CCCCC2)CCC[C@@]1(O)CNCc1ccccc1F. The number of likely N-dealkylation sites (tertiary alicyclic amines) is 1.